The molecule has 2 heterocycles. The first kappa shape index (κ1) is 9.28. The number of aryl methyl sites for hydroxylation is 1. The van der Waals surface area contributed by atoms with Crippen LogP contribution in [0.3, 0.4) is 0 Å². The predicted molar refractivity (Wildman–Crippen MR) is 62.4 cm³/mol. The smallest absolute Gasteiger partial charge is 0.152 e. The second-order valence-corrected chi connectivity index (χ2v) is 4.40. The van der Waals surface area contributed by atoms with E-state index in [9.17, 15) is 0 Å². The van der Waals surface area contributed by atoms with E-state index in [1.165, 1.54) is 29.3 Å². The molecule has 1 aromatic rings. The van der Waals surface area contributed by atoms with Crippen molar-refractivity contribution < 1.29 is 4.74 Å². The highest BCUT2D eigenvalue weighted by atomic mass is 16.5. The first-order valence-electron chi connectivity index (χ1n) is 5.67. The van der Waals surface area contributed by atoms with Gasteiger partial charge in [0.15, 0.2) is 7.28 Å². The van der Waals surface area contributed by atoms with Gasteiger partial charge in [-0.25, -0.2) is 0 Å². The van der Waals surface area contributed by atoms with Gasteiger partial charge in [0.1, 0.15) is 11.9 Å². The van der Waals surface area contributed by atoms with E-state index in [0.717, 1.165) is 18.8 Å². The molecule has 0 aromatic heterocycles. The summed E-state index contributed by atoms with van der Waals surface area (Å²) in [7, 11) is 2.33. The summed E-state index contributed by atoms with van der Waals surface area (Å²) in [4.78, 5) is 0. The molecule has 3 rings (SSSR count). The number of hydrogen-bond donors (Lipinski definition) is 1. The first-order valence-corrected chi connectivity index (χ1v) is 5.67. The number of fused-ring (bicyclic) bond motifs is 1. The summed E-state index contributed by atoms with van der Waals surface area (Å²) < 4.78 is 5.92. The van der Waals surface area contributed by atoms with Crippen molar-refractivity contribution >= 4 is 12.7 Å². The third-order valence-corrected chi connectivity index (χ3v) is 3.36. The summed E-state index contributed by atoms with van der Waals surface area (Å²) in [6, 6.07) is 4.35. The molecule has 0 aliphatic carbocycles. The minimum atomic E-state index is 0.378. The van der Waals surface area contributed by atoms with E-state index < -0.39 is 0 Å². The van der Waals surface area contributed by atoms with E-state index in [0.29, 0.717) is 6.10 Å². The minimum Gasteiger partial charge on any atom is -0.488 e. The maximum Gasteiger partial charge on any atom is 0.152 e. The van der Waals surface area contributed by atoms with Gasteiger partial charge in [0.05, 0.1) is 0 Å². The molecule has 77 valence electrons. The summed E-state index contributed by atoms with van der Waals surface area (Å²) in [5.41, 5.74) is 4.21. The Hall–Kier alpha value is -0.955. The van der Waals surface area contributed by atoms with Gasteiger partial charge in [-0.15, -0.1) is 0 Å². The Balaban J connectivity index is 1.88. The van der Waals surface area contributed by atoms with Crippen molar-refractivity contribution in [3.8, 4) is 5.75 Å². The third-order valence-electron chi connectivity index (χ3n) is 3.36. The zero-order valence-corrected chi connectivity index (χ0v) is 9.05. The summed E-state index contributed by atoms with van der Waals surface area (Å²) in [5, 5.41) is 3.22. The molecule has 1 saturated heterocycles. The maximum absolute atomic E-state index is 5.92. The van der Waals surface area contributed by atoms with Gasteiger partial charge in [0.25, 0.3) is 0 Å². The molecule has 0 saturated carbocycles. The Morgan fingerprint density at radius 3 is 3.00 bits per heavy atom. The number of rotatable bonds is 2. The van der Waals surface area contributed by atoms with Gasteiger partial charge >= 0.3 is 0 Å². The van der Waals surface area contributed by atoms with Crippen molar-refractivity contribution in [2.45, 2.75) is 25.8 Å². The van der Waals surface area contributed by atoms with Crippen LogP contribution in [0.15, 0.2) is 12.1 Å². The number of benzene rings is 1. The molecule has 2 nitrogen and oxygen atoms in total. The van der Waals surface area contributed by atoms with Crippen LogP contribution in [-0.2, 0) is 6.42 Å². The van der Waals surface area contributed by atoms with E-state index in [2.05, 4.69) is 31.7 Å². The minimum absolute atomic E-state index is 0.378. The van der Waals surface area contributed by atoms with Gasteiger partial charge in [-0.3, -0.25) is 0 Å². The lowest BCUT2D eigenvalue weighted by Crippen LogP contribution is -2.50. The summed E-state index contributed by atoms with van der Waals surface area (Å²) >= 11 is 0. The molecule has 1 fully saturated rings. The topological polar surface area (TPSA) is 21.3 Å². The molecular weight excluding hydrogens is 185 g/mol. The van der Waals surface area contributed by atoms with Crippen molar-refractivity contribution in [3.63, 3.8) is 0 Å². The van der Waals surface area contributed by atoms with Crippen LogP contribution in [0.5, 0.6) is 5.75 Å². The monoisotopic (exact) mass is 200 g/mol. The normalized spacial score (nSPS) is 19.3. The second-order valence-electron chi connectivity index (χ2n) is 4.40. The fourth-order valence-electron chi connectivity index (χ4n) is 2.29. The molecule has 0 amide bonds. The average Bonchev–Trinajstić information content (AvgIpc) is 2.62. The van der Waals surface area contributed by atoms with Crippen molar-refractivity contribution in [2.75, 3.05) is 13.1 Å². The number of hydrogen-bond acceptors (Lipinski definition) is 2. The zero-order chi connectivity index (χ0) is 10.3. The van der Waals surface area contributed by atoms with Crippen LogP contribution in [-0.4, -0.2) is 26.5 Å². The summed E-state index contributed by atoms with van der Waals surface area (Å²) in [5.74, 6) is 1.07. The fourth-order valence-corrected chi connectivity index (χ4v) is 2.29. The predicted octanol–water partition coefficient (Wildman–Crippen LogP) is 0.650. The summed E-state index contributed by atoms with van der Waals surface area (Å²) in [6.45, 7) is 4.14. The number of ether oxygens (including phenoxy) is 1. The lowest BCUT2D eigenvalue weighted by Gasteiger charge is -2.29. The quantitative estimate of drug-likeness (QED) is 0.707. The summed E-state index contributed by atoms with van der Waals surface area (Å²) in [6.07, 6.45) is 2.76. The largest absolute Gasteiger partial charge is 0.488 e. The van der Waals surface area contributed by atoms with Gasteiger partial charge in [0.2, 0.25) is 0 Å². The maximum atomic E-state index is 5.92. The molecule has 0 unspecified atom stereocenters. The SMILES string of the molecule is Cc1c(OC2CNC2)ccc2c1[B]CC2. The molecule has 1 aromatic carbocycles. The van der Waals surface area contributed by atoms with Crippen LogP contribution in [0.2, 0.25) is 6.32 Å². The van der Waals surface area contributed by atoms with Crippen LogP contribution in [0.4, 0.5) is 0 Å². The fraction of sp³-hybridized carbons (Fsp3) is 0.500. The van der Waals surface area contributed by atoms with Gasteiger partial charge in [-0.2, -0.15) is 0 Å². The first-order chi connectivity index (χ1) is 7.34. The van der Waals surface area contributed by atoms with Crippen LogP contribution < -0.4 is 15.5 Å². The highest BCUT2D eigenvalue weighted by molar-refractivity contribution is 6.56. The molecule has 0 spiro atoms. The Labute approximate surface area is 91.3 Å². The molecule has 2 aliphatic heterocycles. The molecule has 0 atom stereocenters. The Bertz CT molecular complexity index is 387. The van der Waals surface area contributed by atoms with Gasteiger partial charge in [-0.1, -0.05) is 23.4 Å². The van der Waals surface area contributed by atoms with Crippen molar-refractivity contribution in [1.82, 2.24) is 5.32 Å². The van der Waals surface area contributed by atoms with E-state index in [4.69, 9.17) is 4.74 Å². The highest BCUT2D eigenvalue weighted by Crippen LogP contribution is 2.22. The van der Waals surface area contributed by atoms with Crippen molar-refractivity contribution in [3.05, 3.63) is 23.3 Å². The van der Waals surface area contributed by atoms with Gasteiger partial charge < -0.3 is 10.1 Å². The Kier molecular flexibility index (Phi) is 2.21. The molecular formula is C12H15BNO. The van der Waals surface area contributed by atoms with Gasteiger partial charge in [-0.05, 0) is 25.0 Å². The molecule has 0 bridgehead atoms. The molecule has 1 radical (unpaired) electrons. The Morgan fingerprint density at radius 1 is 1.40 bits per heavy atom. The van der Waals surface area contributed by atoms with E-state index in [1.807, 2.05) is 0 Å². The average molecular weight is 200 g/mol. The Morgan fingerprint density at radius 2 is 2.27 bits per heavy atom. The van der Waals surface area contributed by atoms with E-state index in [1.54, 1.807) is 0 Å². The number of nitrogens with one attached hydrogen (secondary N) is 1. The zero-order valence-electron chi connectivity index (χ0n) is 9.05. The third kappa shape index (κ3) is 1.55. The standard InChI is InChI=1S/C12H15BNO/c1-8-11(15-10-6-14-7-10)3-2-9-4-5-13-12(8)9/h2-3,10,14H,4-7H2,1H3. The van der Waals surface area contributed by atoms with Crippen molar-refractivity contribution in [1.29, 1.82) is 0 Å². The second kappa shape index (κ2) is 3.56. The lowest BCUT2D eigenvalue weighted by atomic mass is 9.70. The van der Waals surface area contributed by atoms with Crippen LogP contribution in [0, 0.1) is 6.92 Å². The molecule has 1 N–H and O–H groups in total. The highest BCUT2D eigenvalue weighted by Gasteiger charge is 2.21. The van der Waals surface area contributed by atoms with Crippen molar-refractivity contribution in [2.24, 2.45) is 0 Å². The van der Waals surface area contributed by atoms with Crippen LogP contribution in [0.25, 0.3) is 0 Å². The van der Waals surface area contributed by atoms with E-state index in [-0.39, 0.29) is 0 Å². The molecule has 2 aliphatic rings. The van der Waals surface area contributed by atoms with Crippen LogP contribution >= 0.6 is 0 Å². The molecule has 3 heteroatoms. The van der Waals surface area contributed by atoms with Crippen LogP contribution in [0.1, 0.15) is 11.1 Å². The molecule has 15 heavy (non-hydrogen) atoms. The lowest BCUT2D eigenvalue weighted by molar-refractivity contribution is 0.141. The van der Waals surface area contributed by atoms with E-state index >= 15 is 0 Å². The van der Waals surface area contributed by atoms with Gasteiger partial charge in [0, 0.05) is 13.1 Å².